The molecule has 1 aromatic heterocycles. The Kier molecular flexibility index (Phi) is 3.16. The van der Waals surface area contributed by atoms with Crippen LogP contribution in [0, 0.1) is 0 Å². The molecule has 1 aliphatic heterocycles. The van der Waals surface area contributed by atoms with E-state index >= 15 is 0 Å². The highest BCUT2D eigenvalue weighted by Crippen LogP contribution is 2.31. The van der Waals surface area contributed by atoms with E-state index in [1.807, 2.05) is 42.5 Å². The summed E-state index contributed by atoms with van der Waals surface area (Å²) in [6, 6.07) is 16.0. The molecule has 1 unspecified atom stereocenters. The zero-order chi connectivity index (χ0) is 16.7. The molecule has 0 spiro atoms. The van der Waals surface area contributed by atoms with E-state index < -0.39 is 11.7 Å². The molecular weight excluding hydrogens is 304 g/mol. The van der Waals surface area contributed by atoms with Gasteiger partial charge in [-0.3, -0.25) is 0 Å². The summed E-state index contributed by atoms with van der Waals surface area (Å²) in [6.07, 6.45) is 0. The van der Waals surface area contributed by atoms with Crippen molar-refractivity contribution < 1.29 is 4.42 Å². The first kappa shape index (κ1) is 14.2. The lowest BCUT2D eigenvalue weighted by Crippen LogP contribution is -2.23. The van der Waals surface area contributed by atoms with Gasteiger partial charge in [0.25, 0.3) is 0 Å². The smallest absolute Gasteiger partial charge is 0.342 e. The van der Waals surface area contributed by atoms with Crippen LogP contribution in [0.2, 0.25) is 0 Å². The second-order valence-electron chi connectivity index (χ2n) is 5.47. The maximum Gasteiger partial charge on any atom is 0.342 e. The van der Waals surface area contributed by atoms with Crippen molar-refractivity contribution in [1.29, 1.82) is 0 Å². The summed E-state index contributed by atoms with van der Waals surface area (Å²) in [5.41, 5.74) is 13.6. The summed E-state index contributed by atoms with van der Waals surface area (Å²) < 4.78 is 5.47. The fraction of sp³-hybridized carbons (Fsp3) is 0.0556. The van der Waals surface area contributed by atoms with Crippen molar-refractivity contribution in [2.75, 3.05) is 0 Å². The van der Waals surface area contributed by atoms with E-state index in [1.54, 1.807) is 12.1 Å². The van der Waals surface area contributed by atoms with Gasteiger partial charge in [0.1, 0.15) is 17.5 Å². The number of para-hydroxylation sites is 1. The summed E-state index contributed by atoms with van der Waals surface area (Å²) in [5.74, 6) is 0.190. The molecule has 1 atom stereocenters. The van der Waals surface area contributed by atoms with Crippen LogP contribution in [0.15, 0.2) is 73.8 Å². The molecule has 3 aromatic rings. The Hall–Kier alpha value is -3.41. The van der Waals surface area contributed by atoms with Crippen LogP contribution >= 0.6 is 0 Å². The van der Waals surface area contributed by atoms with Gasteiger partial charge in [-0.05, 0) is 11.6 Å². The first-order chi connectivity index (χ1) is 11.6. The summed E-state index contributed by atoms with van der Waals surface area (Å²) in [4.78, 5) is 21.2. The zero-order valence-corrected chi connectivity index (χ0v) is 12.6. The van der Waals surface area contributed by atoms with Gasteiger partial charge in [-0.25, -0.2) is 9.79 Å². The van der Waals surface area contributed by atoms with Gasteiger partial charge in [-0.1, -0.05) is 48.5 Å². The second kappa shape index (κ2) is 5.34. The molecule has 4 rings (SSSR count). The van der Waals surface area contributed by atoms with Crippen molar-refractivity contribution in [3.05, 3.63) is 81.7 Å². The number of hydrogen-bond acceptors (Lipinski definition) is 6. The van der Waals surface area contributed by atoms with E-state index in [0.29, 0.717) is 22.1 Å². The number of nitrogens with zero attached hydrogens (tertiary/aromatic N) is 2. The van der Waals surface area contributed by atoms with Crippen molar-refractivity contribution in [2.24, 2.45) is 21.5 Å². The molecule has 24 heavy (non-hydrogen) atoms. The van der Waals surface area contributed by atoms with Crippen molar-refractivity contribution in [3.63, 3.8) is 0 Å². The Morgan fingerprint density at radius 3 is 2.46 bits per heavy atom. The summed E-state index contributed by atoms with van der Waals surface area (Å²) >= 11 is 0. The maximum absolute atomic E-state index is 12.7. The molecule has 0 saturated heterocycles. The fourth-order valence-electron chi connectivity index (χ4n) is 2.97. The third-order valence-corrected chi connectivity index (χ3v) is 3.99. The van der Waals surface area contributed by atoms with Crippen molar-refractivity contribution >= 4 is 22.8 Å². The molecule has 6 nitrogen and oxygen atoms in total. The lowest BCUT2D eigenvalue weighted by atomic mass is 9.94. The minimum absolute atomic E-state index is 0.0287. The van der Waals surface area contributed by atoms with Crippen molar-refractivity contribution in [1.82, 2.24) is 0 Å². The number of hydrogen-bond donors (Lipinski definition) is 2. The van der Waals surface area contributed by atoms with Gasteiger partial charge in [0.2, 0.25) is 5.96 Å². The molecule has 2 heterocycles. The molecule has 0 fully saturated rings. The Morgan fingerprint density at radius 1 is 0.958 bits per heavy atom. The normalized spacial score (nSPS) is 16.9. The van der Waals surface area contributed by atoms with Gasteiger partial charge in [0.05, 0.1) is 5.56 Å². The highest BCUT2D eigenvalue weighted by atomic mass is 16.4. The average Bonchev–Trinajstić information content (AvgIpc) is 2.72. The lowest BCUT2D eigenvalue weighted by molar-refractivity contribution is 0.545. The Bertz CT molecular complexity index is 1050. The Labute approximate surface area is 137 Å². The summed E-state index contributed by atoms with van der Waals surface area (Å²) in [6.45, 7) is 0. The summed E-state index contributed by atoms with van der Waals surface area (Å²) in [5, 5.41) is 0.708. The maximum atomic E-state index is 12.7. The van der Waals surface area contributed by atoms with Crippen molar-refractivity contribution in [2.45, 2.75) is 6.04 Å². The topological polar surface area (TPSA) is 107 Å². The molecule has 0 aliphatic carbocycles. The van der Waals surface area contributed by atoms with Crippen molar-refractivity contribution in [3.8, 4) is 0 Å². The van der Waals surface area contributed by atoms with Crippen LogP contribution < -0.4 is 17.1 Å². The molecule has 4 N–H and O–H groups in total. The number of nitrogens with two attached hydrogens (primary N) is 2. The van der Waals surface area contributed by atoms with Gasteiger partial charge in [0, 0.05) is 10.9 Å². The van der Waals surface area contributed by atoms with E-state index in [1.165, 1.54) is 0 Å². The SMILES string of the molecule is NC1=NC(c2ccccc2)c2c(c3ccccc3oc2=O)C(N)=N1. The van der Waals surface area contributed by atoms with Crippen LogP contribution in [0.1, 0.15) is 22.7 Å². The van der Waals surface area contributed by atoms with Crippen LogP contribution in [-0.2, 0) is 0 Å². The van der Waals surface area contributed by atoms with Crippen LogP contribution in [0.4, 0.5) is 0 Å². The third-order valence-electron chi connectivity index (χ3n) is 3.99. The monoisotopic (exact) mass is 318 g/mol. The van der Waals surface area contributed by atoms with E-state index in [0.717, 1.165) is 5.56 Å². The highest BCUT2D eigenvalue weighted by Gasteiger charge is 2.28. The number of fused-ring (bicyclic) bond motifs is 3. The Balaban J connectivity index is 2.13. The molecule has 1 aliphatic rings. The minimum Gasteiger partial charge on any atom is -0.422 e. The molecule has 0 radical (unpaired) electrons. The van der Waals surface area contributed by atoms with E-state index in [9.17, 15) is 4.79 Å². The predicted molar refractivity (Wildman–Crippen MR) is 93.1 cm³/mol. The van der Waals surface area contributed by atoms with Gasteiger partial charge >= 0.3 is 5.63 Å². The predicted octanol–water partition coefficient (Wildman–Crippen LogP) is 1.92. The number of amidine groups is 1. The molecule has 118 valence electrons. The fourth-order valence-corrected chi connectivity index (χ4v) is 2.97. The van der Waals surface area contributed by atoms with Gasteiger partial charge in [0.15, 0.2) is 0 Å². The quantitative estimate of drug-likeness (QED) is 0.668. The largest absolute Gasteiger partial charge is 0.422 e. The number of aliphatic imine (C=N–C) groups is 2. The third kappa shape index (κ3) is 2.16. The molecule has 0 amide bonds. The molecule has 2 aromatic carbocycles. The van der Waals surface area contributed by atoms with Crippen LogP contribution in [0.5, 0.6) is 0 Å². The molecule has 0 bridgehead atoms. The Morgan fingerprint density at radius 2 is 1.67 bits per heavy atom. The second-order valence-corrected chi connectivity index (χ2v) is 5.47. The standard InChI is InChI=1S/C18H14N4O2/c19-16-13-11-8-4-5-9-12(11)24-17(23)14(13)15(21-18(20)22-16)10-6-2-1-3-7-10/h1-9,15H,(H4,19,20,21,22). The van der Waals surface area contributed by atoms with E-state index in [4.69, 9.17) is 15.9 Å². The molecular formula is C18H14N4O2. The number of benzene rings is 2. The van der Waals surface area contributed by atoms with Crippen LogP contribution in [-0.4, -0.2) is 11.8 Å². The van der Waals surface area contributed by atoms with Gasteiger partial charge in [-0.2, -0.15) is 4.99 Å². The number of rotatable bonds is 1. The average molecular weight is 318 g/mol. The first-order valence-corrected chi connectivity index (χ1v) is 7.43. The van der Waals surface area contributed by atoms with Gasteiger partial charge in [-0.15, -0.1) is 0 Å². The van der Waals surface area contributed by atoms with Crippen LogP contribution in [0.25, 0.3) is 11.0 Å². The molecule has 0 saturated carbocycles. The molecule has 6 heteroatoms. The first-order valence-electron chi connectivity index (χ1n) is 7.43. The van der Waals surface area contributed by atoms with E-state index in [2.05, 4.69) is 9.98 Å². The zero-order valence-electron chi connectivity index (χ0n) is 12.6. The van der Waals surface area contributed by atoms with E-state index in [-0.39, 0.29) is 11.8 Å². The van der Waals surface area contributed by atoms with Gasteiger partial charge < -0.3 is 15.9 Å². The number of guanidine groups is 1. The minimum atomic E-state index is -0.619. The highest BCUT2D eigenvalue weighted by molar-refractivity contribution is 6.13. The lowest BCUT2D eigenvalue weighted by Gasteiger charge is -2.15. The van der Waals surface area contributed by atoms with Crippen LogP contribution in [0.3, 0.4) is 0 Å². The summed E-state index contributed by atoms with van der Waals surface area (Å²) in [7, 11) is 0.